The molecular formula is C14H20ClN3O. The maximum absolute atomic E-state index is 8.88. The van der Waals surface area contributed by atoms with E-state index in [-0.39, 0.29) is 5.84 Å². The van der Waals surface area contributed by atoms with Crippen molar-refractivity contribution in [1.82, 2.24) is 0 Å². The Morgan fingerprint density at radius 1 is 1.58 bits per heavy atom. The highest BCUT2D eigenvalue weighted by molar-refractivity contribution is 6.31. The lowest BCUT2D eigenvalue weighted by Gasteiger charge is -2.22. The predicted octanol–water partition coefficient (Wildman–Crippen LogP) is 3.06. The molecule has 1 atom stereocenters. The molecule has 0 spiro atoms. The summed E-state index contributed by atoms with van der Waals surface area (Å²) in [5.74, 6) is 0.845. The van der Waals surface area contributed by atoms with Gasteiger partial charge in [0.15, 0.2) is 5.84 Å². The average molecular weight is 282 g/mol. The van der Waals surface area contributed by atoms with Crippen molar-refractivity contribution in [3.63, 3.8) is 0 Å². The summed E-state index contributed by atoms with van der Waals surface area (Å²) in [4.78, 5) is 2.30. The fraction of sp³-hybridized carbons (Fsp3) is 0.500. The molecule has 0 aromatic heterocycles. The number of halogens is 1. The minimum atomic E-state index is 0.108. The number of rotatable bonds is 4. The van der Waals surface area contributed by atoms with E-state index in [9.17, 15) is 0 Å². The number of nitrogens with two attached hydrogens (primary N) is 1. The molecule has 0 amide bonds. The molecule has 4 nitrogen and oxygen atoms in total. The lowest BCUT2D eigenvalue weighted by Crippen LogP contribution is -2.24. The van der Waals surface area contributed by atoms with E-state index in [1.165, 1.54) is 19.3 Å². The number of nitrogens with zero attached hydrogens (tertiary/aromatic N) is 2. The summed E-state index contributed by atoms with van der Waals surface area (Å²) in [7, 11) is 0. The number of benzene rings is 1. The number of oxime groups is 1. The van der Waals surface area contributed by atoms with Gasteiger partial charge in [-0.15, -0.1) is 0 Å². The highest BCUT2D eigenvalue weighted by Gasteiger charge is 2.24. The summed E-state index contributed by atoms with van der Waals surface area (Å²) >= 11 is 5.99. The third kappa shape index (κ3) is 3.13. The van der Waals surface area contributed by atoms with E-state index in [0.29, 0.717) is 10.6 Å². The topological polar surface area (TPSA) is 61.8 Å². The van der Waals surface area contributed by atoms with Gasteiger partial charge in [0.05, 0.1) is 0 Å². The van der Waals surface area contributed by atoms with Crippen LogP contribution >= 0.6 is 11.6 Å². The third-order valence-electron chi connectivity index (χ3n) is 3.67. The number of anilines is 1. The Morgan fingerprint density at radius 2 is 2.37 bits per heavy atom. The van der Waals surface area contributed by atoms with Crippen molar-refractivity contribution in [2.24, 2.45) is 16.8 Å². The van der Waals surface area contributed by atoms with Crippen molar-refractivity contribution in [2.75, 3.05) is 18.0 Å². The molecule has 1 unspecified atom stereocenters. The zero-order chi connectivity index (χ0) is 13.8. The maximum Gasteiger partial charge on any atom is 0.172 e. The van der Waals surface area contributed by atoms with Crippen molar-refractivity contribution in [2.45, 2.75) is 26.2 Å². The zero-order valence-electron chi connectivity index (χ0n) is 11.1. The summed E-state index contributed by atoms with van der Waals surface area (Å²) in [6.07, 6.45) is 3.67. The van der Waals surface area contributed by atoms with Gasteiger partial charge in [-0.05, 0) is 37.0 Å². The van der Waals surface area contributed by atoms with E-state index in [0.717, 1.165) is 24.7 Å². The van der Waals surface area contributed by atoms with E-state index >= 15 is 0 Å². The van der Waals surface area contributed by atoms with Crippen LogP contribution in [0, 0.1) is 5.92 Å². The van der Waals surface area contributed by atoms with Crippen LogP contribution in [-0.4, -0.2) is 24.1 Å². The Balaban J connectivity index is 2.25. The Morgan fingerprint density at radius 3 is 3.05 bits per heavy atom. The fourth-order valence-electron chi connectivity index (χ4n) is 2.74. The van der Waals surface area contributed by atoms with Crippen molar-refractivity contribution >= 4 is 23.1 Å². The molecule has 1 aromatic rings. The first-order valence-electron chi connectivity index (χ1n) is 6.68. The third-order valence-corrected chi connectivity index (χ3v) is 3.90. The van der Waals surface area contributed by atoms with Crippen LogP contribution in [0.25, 0.3) is 0 Å². The highest BCUT2D eigenvalue weighted by atomic mass is 35.5. The molecule has 1 heterocycles. The van der Waals surface area contributed by atoms with Crippen molar-refractivity contribution in [1.29, 1.82) is 0 Å². The zero-order valence-corrected chi connectivity index (χ0v) is 11.9. The first-order valence-corrected chi connectivity index (χ1v) is 7.06. The second-order valence-corrected chi connectivity index (χ2v) is 5.47. The Hall–Kier alpha value is -1.42. The van der Waals surface area contributed by atoms with Gasteiger partial charge in [-0.3, -0.25) is 0 Å². The second kappa shape index (κ2) is 6.15. The summed E-state index contributed by atoms with van der Waals surface area (Å²) in [5.41, 5.74) is 7.44. The Labute approximate surface area is 118 Å². The first kappa shape index (κ1) is 14.0. The van der Waals surface area contributed by atoms with Gasteiger partial charge >= 0.3 is 0 Å². The van der Waals surface area contributed by atoms with Gasteiger partial charge in [0, 0.05) is 29.4 Å². The molecule has 19 heavy (non-hydrogen) atoms. The summed E-state index contributed by atoms with van der Waals surface area (Å²) in [6.45, 7) is 4.26. The van der Waals surface area contributed by atoms with Crippen molar-refractivity contribution in [3.8, 4) is 0 Å². The lowest BCUT2D eigenvalue weighted by molar-refractivity contribution is 0.318. The summed E-state index contributed by atoms with van der Waals surface area (Å²) in [5, 5.41) is 12.6. The van der Waals surface area contributed by atoms with Gasteiger partial charge < -0.3 is 15.8 Å². The number of hydrogen-bond acceptors (Lipinski definition) is 3. The average Bonchev–Trinajstić information content (AvgIpc) is 2.86. The standard InChI is InChI=1S/C14H20ClN3O/c1-2-3-10-6-7-18(9-10)13-5-4-11(15)8-12(13)14(16)17-19/h4-5,8,10,19H,2-3,6-7,9H2,1H3,(H2,16,17). The highest BCUT2D eigenvalue weighted by Crippen LogP contribution is 2.30. The van der Waals surface area contributed by atoms with E-state index in [1.807, 2.05) is 12.1 Å². The predicted molar refractivity (Wildman–Crippen MR) is 79.2 cm³/mol. The van der Waals surface area contributed by atoms with Crippen LogP contribution in [0.15, 0.2) is 23.4 Å². The van der Waals surface area contributed by atoms with Gasteiger partial charge in [0.1, 0.15) is 0 Å². The van der Waals surface area contributed by atoms with Crippen LogP contribution in [-0.2, 0) is 0 Å². The van der Waals surface area contributed by atoms with Gasteiger partial charge in [0.2, 0.25) is 0 Å². The number of hydrogen-bond donors (Lipinski definition) is 2. The van der Waals surface area contributed by atoms with Crippen molar-refractivity contribution in [3.05, 3.63) is 28.8 Å². The summed E-state index contributed by atoms with van der Waals surface area (Å²) in [6, 6.07) is 5.54. The Kier molecular flexibility index (Phi) is 4.53. The van der Waals surface area contributed by atoms with Crippen LogP contribution in [0.1, 0.15) is 31.7 Å². The van der Waals surface area contributed by atoms with Crippen LogP contribution < -0.4 is 10.6 Å². The fourth-order valence-corrected chi connectivity index (χ4v) is 2.91. The molecule has 1 saturated heterocycles. The van der Waals surface area contributed by atoms with Crippen LogP contribution in [0.4, 0.5) is 5.69 Å². The van der Waals surface area contributed by atoms with Crippen LogP contribution in [0.3, 0.4) is 0 Å². The van der Waals surface area contributed by atoms with E-state index in [4.69, 9.17) is 22.5 Å². The second-order valence-electron chi connectivity index (χ2n) is 5.04. The van der Waals surface area contributed by atoms with Gasteiger partial charge in [0.25, 0.3) is 0 Å². The molecule has 0 aliphatic carbocycles. The molecule has 2 rings (SSSR count). The quantitative estimate of drug-likeness (QED) is 0.386. The van der Waals surface area contributed by atoms with Crippen LogP contribution in [0.5, 0.6) is 0 Å². The van der Waals surface area contributed by atoms with E-state index in [1.54, 1.807) is 6.07 Å². The molecule has 104 valence electrons. The van der Waals surface area contributed by atoms with Gasteiger partial charge in [-0.1, -0.05) is 30.1 Å². The molecule has 5 heteroatoms. The van der Waals surface area contributed by atoms with E-state index < -0.39 is 0 Å². The molecule has 0 radical (unpaired) electrons. The minimum absolute atomic E-state index is 0.108. The van der Waals surface area contributed by atoms with Crippen molar-refractivity contribution < 1.29 is 5.21 Å². The Bertz CT molecular complexity index is 476. The lowest BCUT2D eigenvalue weighted by atomic mass is 10.0. The molecule has 3 N–H and O–H groups in total. The molecule has 0 saturated carbocycles. The molecule has 1 aliphatic rings. The van der Waals surface area contributed by atoms with Gasteiger partial charge in [-0.2, -0.15) is 0 Å². The molecule has 0 bridgehead atoms. The molecule has 1 aliphatic heterocycles. The molecule has 1 fully saturated rings. The summed E-state index contributed by atoms with van der Waals surface area (Å²) < 4.78 is 0. The smallest absolute Gasteiger partial charge is 0.172 e. The van der Waals surface area contributed by atoms with Crippen LogP contribution in [0.2, 0.25) is 5.02 Å². The van der Waals surface area contributed by atoms with Gasteiger partial charge in [-0.25, -0.2) is 0 Å². The largest absolute Gasteiger partial charge is 0.409 e. The molecule has 1 aromatic carbocycles. The normalized spacial score (nSPS) is 20.0. The minimum Gasteiger partial charge on any atom is -0.409 e. The maximum atomic E-state index is 8.88. The monoisotopic (exact) mass is 281 g/mol. The first-order chi connectivity index (χ1) is 9.15. The van der Waals surface area contributed by atoms with E-state index in [2.05, 4.69) is 17.0 Å². The number of amidine groups is 1. The molecular weight excluding hydrogens is 262 g/mol. The SMILES string of the molecule is CCCC1CCN(c2ccc(Cl)cc2/C(N)=N/O)C1.